The van der Waals surface area contributed by atoms with Gasteiger partial charge in [0.1, 0.15) is 5.75 Å². The molecule has 0 bridgehead atoms. The number of carbonyl (C=O) groups is 3. The molecule has 1 heterocycles. The largest absolute Gasteiger partial charge is 0.484 e. The maximum atomic E-state index is 12.8. The van der Waals surface area contributed by atoms with Gasteiger partial charge in [-0.1, -0.05) is 12.8 Å². The average Bonchev–Trinajstić information content (AvgIpc) is 2.75. The first-order valence-corrected chi connectivity index (χ1v) is 9.77. The van der Waals surface area contributed by atoms with Crippen LogP contribution in [0.4, 0.5) is 0 Å². The minimum atomic E-state index is -0.594. The molecule has 1 saturated heterocycles. The zero-order valence-electron chi connectivity index (χ0n) is 16.4. The van der Waals surface area contributed by atoms with E-state index in [0.717, 1.165) is 25.8 Å². The van der Waals surface area contributed by atoms with Crippen molar-refractivity contribution in [3.05, 3.63) is 29.3 Å². The van der Waals surface area contributed by atoms with E-state index in [0.29, 0.717) is 12.0 Å². The molecular weight excluding hydrogens is 362 g/mol. The zero-order valence-corrected chi connectivity index (χ0v) is 16.4. The van der Waals surface area contributed by atoms with Gasteiger partial charge in [-0.3, -0.25) is 4.79 Å². The van der Waals surface area contributed by atoms with Gasteiger partial charge in [0.25, 0.3) is 5.91 Å². The van der Waals surface area contributed by atoms with Gasteiger partial charge in [0.2, 0.25) is 0 Å². The van der Waals surface area contributed by atoms with Crippen molar-refractivity contribution in [3.63, 3.8) is 0 Å². The molecule has 0 unspecified atom stereocenters. The molecule has 3 rings (SSSR count). The number of nitrogens with zero attached hydrogens (tertiary/aromatic N) is 1. The van der Waals surface area contributed by atoms with E-state index in [9.17, 15) is 14.4 Å². The van der Waals surface area contributed by atoms with Crippen LogP contribution < -0.4 is 4.74 Å². The Morgan fingerprint density at radius 1 is 0.929 bits per heavy atom. The third kappa shape index (κ3) is 4.46. The Kier molecular flexibility index (Phi) is 6.54. The number of amides is 1. The number of ether oxygens (including phenoxy) is 3. The Morgan fingerprint density at radius 2 is 1.54 bits per heavy atom. The minimum Gasteiger partial charge on any atom is -0.484 e. The van der Waals surface area contributed by atoms with Crippen LogP contribution in [0.2, 0.25) is 0 Å². The number of methoxy groups -OCH3 is 2. The summed E-state index contributed by atoms with van der Waals surface area (Å²) < 4.78 is 15.1. The molecule has 0 aromatic heterocycles. The van der Waals surface area contributed by atoms with Crippen molar-refractivity contribution in [3.8, 4) is 5.75 Å². The number of hydrogen-bond acceptors (Lipinski definition) is 6. The molecule has 28 heavy (non-hydrogen) atoms. The lowest BCUT2D eigenvalue weighted by Crippen LogP contribution is -2.51. The lowest BCUT2D eigenvalue weighted by Gasteiger charge is -2.44. The van der Waals surface area contributed by atoms with Crippen LogP contribution in [0, 0.1) is 5.92 Å². The highest BCUT2D eigenvalue weighted by Crippen LogP contribution is 2.35. The molecule has 2 fully saturated rings. The SMILES string of the molecule is COC(=O)c1cc(OCC(=O)N2CCC[C@@H]3CCCC[C@@H]32)cc(C(=O)OC)c1. The number of benzene rings is 1. The van der Waals surface area contributed by atoms with Crippen LogP contribution in [0.5, 0.6) is 5.75 Å². The van der Waals surface area contributed by atoms with Crippen molar-refractivity contribution in [2.45, 2.75) is 44.6 Å². The molecule has 7 heteroatoms. The van der Waals surface area contributed by atoms with E-state index in [1.807, 2.05) is 4.90 Å². The van der Waals surface area contributed by atoms with Crippen molar-refractivity contribution < 1.29 is 28.6 Å². The van der Waals surface area contributed by atoms with Crippen LogP contribution >= 0.6 is 0 Å². The van der Waals surface area contributed by atoms with Gasteiger partial charge in [-0.2, -0.15) is 0 Å². The van der Waals surface area contributed by atoms with Crippen molar-refractivity contribution in [1.29, 1.82) is 0 Å². The first-order chi connectivity index (χ1) is 13.5. The molecule has 1 saturated carbocycles. The van der Waals surface area contributed by atoms with Crippen molar-refractivity contribution in [2.75, 3.05) is 27.4 Å². The van der Waals surface area contributed by atoms with Crippen LogP contribution in [-0.2, 0) is 14.3 Å². The normalized spacial score (nSPS) is 21.4. The fourth-order valence-corrected chi connectivity index (χ4v) is 4.32. The fourth-order valence-electron chi connectivity index (χ4n) is 4.32. The van der Waals surface area contributed by atoms with Crippen molar-refractivity contribution >= 4 is 17.8 Å². The van der Waals surface area contributed by atoms with Crippen LogP contribution in [0.25, 0.3) is 0 Å². The Labute approximate surface area is 164 Å². The van der Waals surface area contributed by atoms with Gasteiger partial charge in [-0.25, -0.2) is 9.59 Å². The highest BCUT2D eigenvalue weighted by molar-refractivity contribution is 5.96. The van der Waals surface area contributed by atoms with Gasteiger partial charge in [-0.15, -0.1) is 0 Å². The van der Waals surface area contributed by atoms with E-state index in [-0.39, 0.29) is 29.4 Å². The molecule has 1 aromatic rings. The molecule has 0 radical (unpaired) electrons. The molecule has 7 nitrogen and oxygen atoms in total. The lowest BCUT2D eigenvalue weighted by molar-refractivity contribution is -0.139. The molecule has 1 aliphatic carbocycles. The van der Waals surface area contributed by atoms with Gasteiger partial charge in [0, 0.05) is 12.6 Å². The van der Waals surface area contributed by atoms with E-state index >= 15 is 0 Å². The van der Waals surface area contributed by atoms with Crippen molar-refractivity contribution in [2.24, 2.45) is 5.92 Å². The molecule has 1 amide bonds. The molecular formula is C21H27NO6. The summed E-state index contributed by atoms with van der Waals surface area (Å²) in [6.45, 7) is 0.632. The maximum Gasteiger partial charge on any atom is 0.338 e. The molecule has 2 aliphatic rings. The summed E-state index contributed by atoms with van der Waals surface area (Å²) in [6, 6.07) is 4.62. The highest BCUT2D eigenvalue weighted by atomic mass is 16.5. The minimum absolute atomic E-state index is 0.0558. The average molecular weight is 389 g/mol. The van der Waals surface area contributed by atoms with Gasteiger partial charge < -0.3 is 19.1 Å². The number of hydrogen-bond donors (Lipinski definition) is 0. The molecule has 0 N–H and O–H groups in total. The predicted octanol–water partition coefficient (Wildman–Crippen LogP) is 2.82. The topological polar surface area (TPSA) is 82.1 Å². The smallest absolute Gasteiger partial charge is 0.338 e. The Hall–Kier alpha value is -2.57. The molecule has 2 atom stereocenters. The summed E-state index contributed by atoms with van der Waals surface area (Å²) in [4.78, 5) is 38.5. The second-order valence-electron chi connectivity index (χ2n) is 7.36. The number of likely N-dealkylation sites (tertiary alicyclic amines) is 1. The Bertz CT molecular complexity index is 710. The third-order valence-corrected chi connectivity index (χ3v) is 5.67. The number of esters is 2. The summed E-state index contributed by atoms with van der Waals surface area (Å²) >= 11 is 0. The fraction of sp³-hybridized carbons (Fsp3) is 0.571. The highest BCUT2D eigenvalue weighted by Gasteiger charge is 2.35. The summed E-state index contributed by atoms with van der Waals surface area (Å²) in [7, 11) is 2.52. The molecule has 1 aliphatic heterocycles. The quantitative estimate of drug-likeness (QED) is 0.720. The summed E-state index contributed by atoms with van der Waals surface area (Å²) in [5.41, 5.74) is 0.330. The molecule has 1 aromatic carbocycles. The predicted molar refractivity (Wildman–Crippen MR) is 101 cm³/mol. The maximum absolute atomic E-state index is 12.8. The first-order valence-electron chi connectivity index (χ1n) is 9.77. The van der Waals surface area contributed by atoms with Crippen molar-refractivity contribution in [1.82, 2.24) is 4.90 Å². The van der Waals surface area contributed by atoms with Gasteiger partial charge >= 0.3 is 11.9 Å². The summed E-state index contributed by atoms with van der Waals surface area (Å²) in [5, 5.41) is 0. The number of rotatable bonds is 5. The summed E-state index contributed by atoms with van der Waals surface area (Å²) in [5.74, 6) is -0.389. The number of piperidine rings is 1. The molecule has 152 valence electrons. The lowest BCUT2D eigenvalue weighted by atomic mass is 9.78. The second kappa shape index (κ2) is 9.08. The number of fused-ring (bicyclic) bond motifs is 1. The van der Waals surface area contributed by atoms with E-state index in [4.69, 9.17) is 14.2 Å². The monoisotopic (exact) mass is 389 g/mol. The van der Waals surface area contributed by atoms with E-state index < -0.39 is 11.9 Å². The van der Waals surface area contributed by atoms with E-state index in [1.54, 1.807) is 0 Å². The second-order valence-corrected chi connectivity index (χ2v) is 7.36. The Balaban J connectivity index is 1.71. The van der Waals surface area contributed by atoms with Gasteiger partial charge in [-0.05, 0) is 49.8 Å². The summed E-state index contributed by atoms with van der Waals surface area (Å²) in [6.07, 6.45) is 6.88. The van der Waals surface area contributed by atoms with E-state index in [1.165, 1.54) is 51.7 Å². The van der Waals surface area contributed by atoms with Crippen LogP contribution in [0.1, 0.15) is 59.2 Å². The van der Waals surface area contributed by atoms with E-state index in [2.05, 4.69) is 0 Å². The van der Waals surface area contributed by atoms with Crippen LogP contribution in [0.15, 0.2) is 18.2 Å². The number of carbonyl (C=O) groups excluding carboxylic acids is 3. The standard InChI is InChI=1S/C21H27NO6/c1-26-20(24)15-10-16(21(25)27-2)12-17(11-15)28-13-19(23)22-9-5-7-14-6-3-4-8-18(14)22/h10-12,14,18H,3-9,13H2,1-2H3/t14-,18-/m0/s1. The first kappa shape index (κ1) is 20.2. The third-order valence-electron chi connectivity index (χ3n) is 5.67. The van der Waals surface area contributed by atoms with Crippen LogP contribution in [-0.4, -0.2) is 56.2 Å². The Morgan fingerprint density at radius 3 is 2.18 bits per heavy atom. The van der Waals surface area contributed by atoms with Gasteiger partial charge in [0.05, 0.1) is 25.3 Å². The van der Waals surface area contributed by atoms with Crippen LogP contribution in [0.3, 0.4) is 0 Å². The molecule has 0 spiro atoms. The van der Waals surface area contributed by atoms with Gasteiger partial charge in [0.15, 0.2) is 6.61 Å². The zero-order chi connectivity index (χ0) is 20.1.